The lowest BCUT2D eigenvalue weighted by molar-refractivity contribution is -0.123. The summed E-state index contributed by atoms with van der Waals surface area (Å²) in [4.78, 5) is 23.7. The van der Waals surface area contributed by atoms with Gasteiger partial charge in [0.05, 0.1) is 0 Å². The lowest BCUT2D eigenvalue weighted by Gasteiger charge is -2.31. The number of amides is 2. The van der Waals surface area contributed by atoms with Crippen LogP contribution in [0.2, 0.25) is 0 Å². The summed E-state index contributed by atoms with van der Waals surface area (Å²) in [7, 11) is 0. The summed E-state index contributed by atoms with van der Waals surface area (Å²) in [5, 5.41) is 8.48. The quantitative estimate of drug-likeness (QED) is 0.419. The number of carbonyl (C=O) groups is 2. The minimum Gasteiger partial charge on any atom is -0.273 e. The Morgan fingerprint density at radius 2 is 1.31 bits per heavy atom. The molecule has 0 aromatic heterocycles. The van der Waals surface area contributed by atoms with Crippen LogP contribution in [0.4, 0.5) is 0 Å². The molecule has 4 aliphatic rings. The van der Waals surface area contributed by atoms with E-state index in [4.69, 9.17) is 0 Å². The molecular weight excluding hydrogens is 328 g/mol. The van der Waals surface area contributed by atoms with Crippen LogP contribution in [-0.2, 0) is 9.59 Å². The molecule has 6 heteroatoms. The number of hydrogen-bond donors (Lipinski definition) is 2. The average molecular weight is 354 g/mol. The molecule has 2 saturated carbocycles. The van der Waals surface area contributed by atoms with Crippen LogP contribution in [0.1, 0.15) is 51.4 Å². The molecule has 0 aromatic carbocycles. The number of hydrazone groups is 2. The topological polar surface area (TPSA) is 82.9 Å². The van der Waals surface area contributed by atoms with Crippen LogP contribution in [-0.4, -0.2) is 23.2 Å². The van der Waals surface area contributed by atoms with Crippen molar-refractivity contribution in [2.24, 2.45) is 33.9 Å². The third-order valence-corrected chi connectivity index (χ3v) is 6.00. The number of hydrogen-bond acceptors (Lipinski definition) is 4. The van der Waals surface area contributed by atoms with Gasteiger partial charge in [0.2, 0.25) is 11.8 Å². The van der Waals surface area contributed by atoms with Crippen LogP contribution < -0.4 is 10.9 Å². The van der Waals surface area contributed by atoms with Gasteiger partial charge in [-0.3, -0.25) is 9.59 Å². The van der Waals surface area contributed by atoms with E-state index in [1.165, 1.54) is 0 Å². The molecule has 0 aromatic rings. The van der Waals surface area contributed by atoms with Gasteiger partial charge in [0.15, 0.2) is 0 Å². The highest BCUT2D eigenvalue weighted by Crippen LogP contribution is 2.40. The summed E-state index contributed by atoms with van der Waals surface area (Å²) < 4.78 is 0. The Kier molecular flexibility index (Phi) is 5.00. The van der Waals surface area contributed by atoms with Crippen LogP contribution in [0.3, 0.4) is 0 Å². The van der Waals surface area contributed by atoms with E-state index in [1.807, 2.05) is 0 Å². The molecule has 2 fully saturated rings. The van der Waals surface area contributed by atoms with E-state index in [1.54, 1.807) is 0 Å². The zero-order valence-electron chi connectivity index (χ0n) is 15.0. The van der Waals surface area contributed by atoms with Crippen LogP contribution in [0.5, 0.6) is 0 Å². The molecule has 0 spiro atoms. The summed E-state index contributed by atoms with van der Waals surface area (Å²) in [6.07, 6.45) is 15.2. The predicted octanol–water partition coefficient (Wildman–Crippen LogP) is 2.68. The maximum atomic E-state index is 11.8. The normalized spacial score (nSPS) is 33.5. The molecule has 2 N–H and O–H groups in total. The monoisotopic (exact) mass is 354 g/mol. The standard InChI is InChI=1S/C20H26N4O2/c25-19(23-21-17-11-13-5-3-7-15(13)17)9-1-2-10-20(26)24-22-18-12-14-6-4-8-16(14)18/h3-4,7-8,13-16H,1-2,5-6,9-12H2,(H,23,25)(H,24,26)/b21-17-,22-18-/t13-,14-,15-,16+/m0/s1. The van der Waals surface area contributed by atoms with Crippen LogP contribution in [0.15, 0.2) is 34.5 Å². The largest absolute Gasteiger partial charge is 0.273 e. The summed E-state index contributed by atoms with van der Waals surface area (Å²) in [5.74, 6) is 2.18. The highest BCUT2D eigenvalue weighted by Gasteiger charge is 2.38. The zero-order valence-corrected chi connectivity index (χ0v) is 15.0. The van der Waals surface area contributed by atoms with Crippen molar-refractivity contribution < 1.29 is 9.59 Å². The number of fused-ring (bicyclic) bond motifs is 2. The van der Waals surface area contributed by atoms with E-state index >= 15 is 0 Å². The first-order chi connectivity index (χ1) is 12.7. The number of rotatable bonds is 7. The van der Waals surface area contributed by atoms with Gasteiger partial charge in [-0.1, -0.05) is 24.3 Å². The number of nitrogens with zero attached hydrogens (tertiary/aromatic N) is 2. The first-order valence-corrected chi connectivity index (χ1v) is 9.74. The second-order valence-electron chi connectivity index (χ2n) is 7.79. The van der Waals surface area contributed by atoms with Crippen molar-refractivity contribution in [3.63, 3.8) is 0 Å². The Hall–Kier alpha value is -2.24. The van der Waals surface area contributed by atoms with Gasteiger partial charge in [0.1, 0.15) is 0 Å². The minimum atomic E-state index is -0.0721. The second kappa shape index (κ2) is 7.56. The third-order valence-electron chi connectivity index (χ3n) is 6.00. The second-order valence-corrected chi connectivity index (χ2v) is 7.79. The Morgan fingerprint density at radius 1 is 0.846 bits per heavy atom. The number of allylic oxidation sites excluding steroid dienone is 4. The molecule has 0 heterocycles. The Bertz CT molecular complexity index is 647. The van der Waals surface area contributed by atoms with Crippen molar-refractivity contribution in [1.29, 1.82) is 0 Å². The van der Waals surface area contributed by atoms with Crippen molar-refractivity contribution in [2.45, 2.75) is 51.4 Å². The first-order valence-electron chi connectivity index (χ1n) is 9.74. The smallest absolute Gasteiger partial charge is 0.240 e. The van der Waals surface area contributed by atoms with Crippen molar-refractivity contribution in [2.75, 3.05) is 0 Å². The van der Waals surface area contributed by atoms with Crippen molar-refractivity contribution in [3.05, 3.63) is 24.3 Å². The summed E-state index contributed by atoms with van der Waals surface area (Å²) in [6, 6.07) is 0. The fraction of sp³-hybridized carbons (Fsp3) is 0.600. The Labute approximate surface area is 153 Å². The fourth-order valence-electron chi connectivity index (χ4n) is 4.27. The van der Waals surface area contributed by atoms with Gasteiger partial charge >= 0.3 is 0 Å². The molecule has 0 bridgehead atoms. The van der Waals surface area contributed by atoms with Gasteiger partial charge in [-0.05, 0) is 50.4 Å². The summed E-state index contributed by atoms with van der Waals surface area (Å²) in [5.41, 5.74) is 7.47. The van der Waals surface area contributed by atoms with Gasteiger partial charge in [-0.25, -0.2) is 10.9 Å². The van der Waals surface area contributed by atoms with Crippen LogP contribution in [0, 0.1) is 23.7 Å². The van der Waals surface area contributed by atoms with Crippen molar-refractivity contribution in [1.82, 2.24) is 10.9 Å². The summed E-state index contributed by atoms with van der Waals surface area (Å²) in [6.45, 7) is 0. The maximum absolute atomic E-state index is 11.8. The predicted molar refractivity (Wildman–Crippen MR) is 100 cm³/mol. The van der Waals surface area contributed by atoms with Gasteiger partial charge in [0, 0.05) is 36.1 Å². The van der Waals surface area contributed by atoms with E-state index in [2.05, 4.69) is 45.4 Å². The molecule has 138 valence electrons. The molecule has 4 atom stereocenters. The molecule has 4 rings (SSSR count). The number of carbonyl (C=O) groups excluding carboxylic acids is 2. The average Bonchev–Trinajstić information content (AvgIpc) is 3.15. The molecule has 2 amide bonds. The molecule has 0 unspecified atom stereocenters. The lowest BCUT2D eigenvalue weighted by Crippen LogP contribution is -2.35. The maximum Gasteiger partial charge on any atom is 0.240 e. The number of nitrogens with one attached hydrogen (secondary N) is 2. The van der Waals surface area contributed by atoms with Crippen LogP contribution >= 0.6 is 0 Å². The van der Waals surface area contributed by atoms with Gasteiger partial charge in [0.25, 0.3) is 0 Å². The van der Waals surface area contributed by atoms with Crippen LogP contribution in [0.25, 0.3) is 0 Å². The highest BCUT2D eigenvalue weighted by atomic mass is 16.2. The van der Waals surface area contributed by atoms with E-state index in [0.29, 0.717) is 49.4 Å². The van der Waals surface area contributed by atoms with Crippen molar-refractivity contribution in [3.8, 4) is 0 Å². The Morgan fingerprint density at radius 3 is 1.73 bits per heavy atom. The Balaban J connectivity index is 1.07. The fourth-order valence-corrected chi connectivity index (χ4v) is 4.27. The van der Waals surface area contributed by atoms with E-state index < -0.39 is 0 Å². The minimum absolute atomic E-state index is 0.0721. The zero-order chi connectivity index (χ0) is 17.9. The SMILES string of the molecule is O=C(CCCCC(=O)N/N=C1/C[C@@H]2CC=C[C@@H]12)N/N=C1/C[C@@H]2CC=C[C@H]12. The summed E-state index contributed by atoms with van der Waals surface area (Å²) >= 11 is 0. The molecule has 0 radical (unpaired) electrons. The molecule has 0 aliphatic heterocycles. The molecule has 26 heavy (non-hydrogen) atoms. The van der Waals surface area contributed by atoms with E-state index in [-0.39, 0.29) is 11.8 Å². The highest BCUT2D eigenvalue weighted by molar-refractivity contribution is 5.96. The van der Waals surface area contributed by atoms with E-state index in [0.717, 1.165) is 37.1 Å². The lowest BCUT2D eigenvalue weighted by atomic mass is 9.74. The molecule has 4 aliphatic carbocycles. The van der Waals surface area contributed by atoms with Crippen molar-refractivity contribution >= 4 is 23.2 Å². The van der Waals surface area contributed by atoms with Gasteiger partial charge < -0.3 is 0 Å². The third kappa shape index (κ3) is 3.64. The molecule has 6 nitrogen and oxygen atoms in total. The van der Waals surface area contributed by atoms with Gasteiger partial charge in [-0.15, -0.1) is 0 Å². The molecule has 0 saturated heterocycles. The number of unbranched alkanes of at least 4 members (excludes halogenated alkanes) is 1. The molecular formula is C20H26N4O2. The van der Waals surface area contributed by atoms with E-state index in [9.17, 15) is 9.59 Å². The van der Waals surface area contributed by atoms with Gasteiger partial charge in [-0.2, -0.15) is 10.2 Å². The first kappa shape index (κ1) is 17.2.